The number of nitrogens with zero attached hydrogens (tertiary/aromatic N) is 4. The molecular formula is C18H20N6O2S. The smallest absolute Gasteiger partial charge is 0.293 e. The van der Waals surface area contributed by atoms with Crippen LogP contribution in [-0.2, 0) is 6.54 Å². The van der Waals surface area contributed by atoms with Gasteiger partial charge in [0.25, 0.3) is 5.69 Å². The minimum atomic E-state index is -0.316. The number of thiophene rings is 1. The first-order valence-electron chi connectivity index (χ1n) is 8.87. The second kappa shape index (κ2) is 7.85. The van der Waals surface area contributed by atoms with Crippen molar-refractivity contribution in [3.05, 3.63) is 51.0 Å². The number of nitrogens with one attached hydrogen (secondary N) is 2. The number of nitro benzene ring substituents is 1. The second-order valence-corrected chi connectivity index (χ2v) is 7.39. The Morgan fingerprint density at radius 2 is 2.22 bits per heavy atom. The highest BCUT2D eigenvalue weighted by atomic mass is 32.1. The summed E-state index contributed by atoms with van der Waals surface area (Å²) in [7, 11) is 0. The molecule has 0 atom stereocenters. The van der Waals surface area contributed by atoms with E-state index in [1.165, 1.54) is 11.2 Å². The van der Waals surface area contributed by atoms with E-state index in [1.54, 1.807) is 17.4 Å². The monoisotopic (exact) mass is 384 g/mol. The molecule has 1 saturated heterocycles. The highest BCUT2D eigenvalue weighted by molar-refractivity contribution is 7.09. The SMILES string of the molecule is O=[N+]([O-])c1cc2c(NCc3cccs3)ncnc2cc1N1CCCNCC1. The van der Waals surface area contributed by atoms with Crippen LogP contribution in [0.15, 0.2) is 36.0 Å². The van der Waals surface area contributed by atoms with E-state index in [1.807, 2.05) is 23.6 Å². The van der Waals surface area contributed by atoms with Gasteiger partial charge in [-0.25, -0.2) is 9.97 Å². The maximum atomic E-state index is 11.8. The van der Waals surface area contributed by atoms with Crippen LogP contribution in [0.4, 0.5) is 17.2 Å². The van der Waals surface area contributed by atoms with E-state index in [2.05, 4.69) is 25.5 Å². The quantitative estimate of drug-likeness (QED) is 0.515. The predicted octanol–water partition coefficient (Wildman–Crippen LogP) is 3.01. The molecule has 4 rings (SSSR count). The molecule has 9 heteroatoms. The van der Waals surface area contributed by atoms with Gasteiger partial charge in [-0.2, -0.15) is 0 Å². The Labute approximate surface area is 160 Å². The lowest BCUT2D eigenvalue weighted by atomic mass is 10.1. The van der Waals surface area contributed by atoms with E-state index >= 15 is 0 Å². The average molecular weight is 384 g/mol. The van der Waals surface area contributed by atoms with Gasteiger partial charge in [-0.3, -0.25) is 10.1 Å². The largest absolute Gasteiger partial charge is 0.365 e. The van der Waals surface area contributed by atoms with E-state index in [0.717, 1.165) is 32.6 Å². The number of rotatable bonds is 5. The maximum absolute atomic E-state index is 11.8. The lowest BCUT2D eigenvalue weighted by Gasteiger charge is -2.22. The van der Waals surface area contributed by atoms with Crippen molar-refractivity contribution in [2.45, 2.75) is 13.0 Å². The molecule has 1 aromatic carbocycles. The average Bonchev–Trinajstić information content (AvgIpc) is 3.05. The molecule has 0 saturated carbocycles. The van der Waals surface area contributed by atoms with Gasteiger partial charge in [0, 0.05) is 36.0 Å². The van der Waals surface area contributed by atoms with Gasteiger partial charge >= 0.3 is 0 Å². The molecule has 27 heavy (non-hydrogen) atoms. The lowest BCUT2D eigenvalue weighted by molar-refractivity contribution is -0.384. The Hall–Kier alpha value is -2.78. The number of aromatic nitrogens is 2. The van der Waals surface area contributed by atoms with Crippen molar-refractivity contribution in [2.75, 3.05) is 36.4 Å². The third-order valence-corrected chi connectivity index (χ3v) is 5.50. The van der Waals surface area contributed by atoms with Crippen molar-refractivity contribution in [1.82, 2.24) is 15.3 Å². The first kappa shape index (κ1) is 17.6. The zero-order chi connectivity index (χ0) is 18.6. The Morgan fingerprint density at radius 3 is 3.04 bits per heavy atom. The highest BCUT2D eigenvalue weighted by Gasteiger charge is 2.23. The summed E-state index contributed by atoms with van der Waals surface area (Å²) in [6, 6.07) is 7.44. The summed E-state index contributed by atoms with van der Waals surface area (Å²) in [6.07, 6.45) is 2.45. The molecule has 0 aliphatic carbocycles. The fraction of sp³-hybridized carbons (Fsp3) is 0.333. The molecule has 0 bridgehead atoms. The molecule has 8 nitrogen and oxygen atoms in total. The fourth-order valence-corrected chi connectivity index (χ4v) is 3.94. The molecule has 0 amide bonds. The van der Waals surface area contributed by atoms with Gasteiger partial charge in [0.15, 0.2) is 0 Å². The van der Waals surface area contributed by atoms with Gasteiger partial charge in [-0.15, -0.1) is 11.3 Å². The first-order chi connectivity index (χ1) is 13.2. The van der Waals surface area contributed by atoms with Crippen LogP contribution in [0.3, 0.4) is 0 Å². The van der Waals surface area contributed by atoms with Crippen LogP contribution in [0.1, 0.15) is 11.3 Å². The van der Waals surface area contributed by atoms with Crippen molar-refractivity contribution in [3.8, 4) is 0 Å². The number of hydrogen-bond donors (Lipinski definition) is 2. The molecule has 0 unspecified atom stereocenters. The molecular weight excluding hydrogens is 364 g/mol. The second-order valence-electron chi connectivity index (χ2n) is 6.36. The van der Waals surface area contributed by atoms with Gasteiger partial charge in [-0.1, -0.05) is 6.07 Å². The summed E-state index contributed by atoms with van der Waals surface area (Å²) in [5.74, 6) is 0.612. The van der Waals surface area contributed by atoms with Crippen LogP contribution in [0.25, 0.3) is 10.9 Å². The number of fused-ring (bicyclic) bond motifs is 1. The zero-order valence-corrected chi connectivity index (χ0v) is 15.5. The van der Waals surface area contributed by atoms with Gasteiger partial charge in [0.2, 0.25) is 0 Å². The van der Waals surface area contributed by atoms with Gasteiger partial charge in [0.1, 0.15) is 17.8 Å². The molecule has 1 fully saturated rings. The standard InChI is InChI=1S/C18H20N6O2S/c25-24(26)17-9-14-15(10-16(17)23-6-2-4-19-5-7-23)21-12-22-18(14)20-11-13-3-1-8-27-13/h1,3,8-10,12,19H,2,4-7,11H2,(H,20,21,22). The number of anilines is 2. The van der Waals surface area contributed by atoms with Crippen LogP contribution in [0.2, 0.25) is 0 Å². The summed E-state index contributed by atoms with van der Waals surface area (Å²) in [4.78, 5) is 23.3. The Kier molecular flexibility index (Phi) is 5.12. The maximum Gasteiger partial charge on any atom is 0.293 e. The molecule has 140 valence electrons. The minimum absolute atomic E-state index is 0.0957. The Balaban J connectivity index is 1.72. The van der Waals surface area contributed by atoms with E-state index in [4.69, 9.17) is 0 Å². The van der Waals surface area contributed by atoms with E-state index in [0.29, 0.717) is 29.0 Å². The highest BCUT2D eigenvalue weighted by Crippen LogP contribution is 2.35. The summed E-state index contributed by atoms with van der Waals surface area (Å²) in [6.45, 7) is 3.88. The predicted molar refractivity (Wildman–Crippen MR) is 108 cm³/mol. The summed E-state index contributed by atoms with van der Waals surface area (Å²) >= 11 is 1.65. The van der Waals surface area contributed by atoms with E-state index in [-0.39, 0.29) is 10.6 Å². The van der Waals surface area contributed by atoms with Crippen molar-refractivity contribution in [3.63, 3.8) is 0 Å². The van der Waals surface area contributed by atoms with E-state index in [9.17, 15) is 10.1 Å². The van der Waals surface area contributed by atoms with Gasteiger partial charge < -0.3 is 15.5 Å². The minimum Gasteiger partial charge on any atom is -0.365 e. The van der Waals surface area contributed by atoms with E-state index < -0.39 is 0 Å². The molecule has 1 aliphatic rings. The summed E-state index contributed by atoms with van der Waals surface area (Å²) < 4.78 is 0. The summed E-state index contributed by atoms with van der Waals surface area (Å²) in [5, 5.41) is 21.0. The third-order valence-electron chi connectivity index (χ3n) is 4.62. The molecule has 0 spiro atoms. The van der Waals surface area contributed by atoms with Crippen molar-refractivity contribution in [2.24, 2.45) is 0 Å². The van der Waals surface area contributed by atoms with Crippen molar-refractivity contribution < 1.29 is 4.92 Å². The summed E-state index contributed by atoms with van der Waals surface area (Å²) in [5.41, 5.74) is 1.42. The third kappa shape index (κ3) is 3.83. The molecule has 3 heterocycles. The zero-order valence-electron chi connectivity index (χ0n) is 14.7. The van der Waals surface area contributed by atoms with Crippen LogP contribution >= 0.6 is 11.3 Å². The number of benzene rings is 1. The fourth-order valence-electron chi connectivity index (χ4n) is 3.29. The van der Waals surface area contributed by atoms with Gasteiger partial charge in [0.05, 0.1) is 17.0 Å². The normalized spacial score (nSPS) is 14.9. The Bertz CT molecular complexity index is 938. The molecule has 3 aromatic rings. The van der Waals surface area contributed by atoms with Gasteiger partial charge in [-0.05, 0) is 30.5 Å². The number of hydrogen-bond acceptors (Lipinski definition) is 8. The molecule has 0 radical (unpaired) electrons. The molecule has 2 aromatic heterocycles. The topological polar surface area (TPSA) is 96.2 Å². The van der Waals surface area contributed by atoms with Crippen LogP contribution < -0.4 is 15.5 Å². The van der Waals surface area contributed by atoms with Crippen molar-refractivity contribution in [1.29, 1.82) is 0 Å². The first-order valence-corrected chi connectivity index (χ1v) is 9.75. The molecule has 1 aliphatic heterocycles. The van der Waals surface area contributed by atoms with Crippen molar-refractivity contribution >= 4 is 39.4 Å². The lowest BCUT2D eigenvalue weighted by Crippen LogP contribution is -2.28. The molecule has 2 N–H and O–H groups in total. The Morgan fingerprint density at radius 1 is 1.30 bits per heavy atom. The van der Waals surface area contributed by atoms with Crippen LogP contribution in [0, 0.1) is 10.1 Å². The number of nitro groups is 1. The van der Waals surface area contributed by atoms with Crippen LogP contribution in [-0.4, -0.2) is 41.1 Å². The van der Waals surface area contributed by atoms with Crippen LogP contribution in [0.5, 0.6) is 0 Å².